The van der Waals surface area contributed by atoms with Crippen LogP contribution in [0.25, 0.3) is 0 Å². The summed E-state index contributed by atoms with van der Waals surface area (Å²) in [6.45, 7) is 1.90. The lowest BCUT2D eigenvalue weighted by Crippen LogP contribution is -2.54. The van der Waals surface area contributed by atoms with Crippen LogP contribution < -0.4 is 11.2 Å². The summed E-state index contributed by atoms with van der Waals surface area (Å²) in [6.07, 6.45) is 4.38. The summed E-state index contributed by atoms with van der Waals surface area (Å²) in [5.74, 6) is 5.61. The van der Waals surface area contributed by atoms with Crippen LogP contribution in [-0.2, 0) is 0 Å². The van der Waals surface area contributed by atoms with Crippen LogP contribution in [0.1, 0.15) is 0 Å². The van der Waals surface area contributed by atoms with Crippen LogP contribution >= 0.6 is 0 Å². The number of nitrogens with zero attached hydrogens (tertiary/aromatic N) is 1. The Morgan fingerprint density at radius 2 is 1.89 bits per heavy atom. The van der Waals surface area contributed by atoms with E-state index in [-0.39, 0.29) is 0 Å². The first-order valence-electron chi connectivity index (χ1n) is 3.28. The van der Waals surface area contributed by atoms with Gasteiger partial charge in [-0.3, -0.25) is 5.84 Å². The summed E-state index contributed by atoms with van der Waals surface area (Å²) in [4.78, 5) is 0. The van der Waals surface area contributed by atoms with E-state index in [2.05, 4.69) is 17.5 Å². The van der Waals surface area contributed by atoms with Crippen molar-refractivity contribution in [2.75, 3.05) is 13.1 Å². The lowest BCUT2D eigenvalue weighted by Gasteiger charge is -2.28. The Bertz CT molecular complexity index is 129. The number of hydrogen-bond acceptors (Lipinski definition) is 3. The molecule has 2 aliphatic rings. The van der Waals surface area contributed by atoms with Gasteiger partial charge in [0.2, 0.25) is 0 Å². The lowest BCUT2D eigenvalue weighted by molar-refractivity contribution is 0.209. The fourth-order valence-electron chi connectivity index (χ4n) is 1.46. The van der Waals surface area contributed by atoms with Gasteiger partial charge < -0.3 is 5.32 Å². The van der Waals surface area contributed by atoms with E-state index in [4.69, 9.17) is 5.84 Å². The molecule has 2 rings (SSSR count). The van der Waals surface area contributed by atoms with Gasteiger partial charge in [-0.15, -0.1) is 0 Å². The first-order valence-corrected chi connectivity index (χ1v) is 3.28. The van der Waals surface area contributed by atoms with Crippen LogP contribution in [0.15, 0.2) is 12.2 Å². The largest absolute Gasteiger partial charge is 0.302 e. The molecular formula is C6H11N3. The summed E-state index contributed by atoms with van der Waals surface area (Å²) >= 11 is 0. The van der Waals surface area contributed by atoms with Crippen molar-refractivity contribution in [1.82, 2.24) is 10.3 Å². The summed E-state index contributed by atoms with van der Waals surface area (Å²) in [7, 11) is 0. The van der Waals surface area contributed by atoms with E-state index in [9.17, 15) is 0 Å². The normalized spacial score (nSPS) is 41.9. The molecule has 2 aliphatic heterocycles. The first-order chi connectivity index (χ1) is 4.34. The van der Waals surface area contributed by atoms with Gasteiger partial charge >= 0.3 is 0 Å². The highest BCUT2D eigenvalue weighted by Crippen LogP contribution is 2.09. The molecule has 2 unspecified atom stereocenters. The summed E-state index contributed by atoms with van der Waals surface area (Å²) in [5, 5.41) is 5.25. The van der Waals surface area contributed by atoms with Crippen molar-refractivity contribution in [1.29, 1.82) is 0 Å². The Morgan fingerprint density at radius 1 is 1.33 bits per heavy atom. The Morgan fingerprint density at radius 3 is 2.44 bits per heavy atom. The third-order valence-electron chi connectivity index (χ3n) is 1.87. The van der Waals surface area contributed by atoms with E-state index < -0.39 is 0 Å². The average molecular weight is 125 g/mol. The molecule has 3 nitrogen and oxygen atoms in total. The zero-order valence-corrected chi connectivity index (χ0v) is 5.25. The van der Waals surface area contributed by atoms with Crippen molar-refractivity contribution in [2.24, 2.45) is 5.84 Å². The number of nitrogens with two attached hydrogens (primary N) is 1. The van der Waals surface area contributed by atoms with Crippen LogP contribution in [0, 0.1) is 0 Å². The molecule has 2 heterocycles. The average Bonchev–Trinajstić information content (AvgIpc) is 2.11. The molecule has 0 spiro atoms. The molecule has 2 atom stereocenters. The molecule has 0 aromatic rings. The van der Waals surface area contributed by atoms with Crippen molar-refractivity contribution in [3.05, 3.63) is 12.2 Å². The molecule has 0 aliphatic carbocycles. The summed E-state index contributed by atoms with van der Waals surface area (Å²) in [5.41, 5.74) is 0. The standard InChI is InChI=1S/C6H11N3/c7-9-3-5-1-2-6(4-9)8-5/h1-2,5-6,8H,3-4,7H2. The molecule has 2 bridgehead atoms. The molecule has 1 saturated heterocycles. The van der Waals surface area contributed by atoms with E-state index in [0.29, 0.717) is 12.1 Å². The quantitative estimate of drug-likeness (QED) is 0.325. The summed E-state index contributed by atoms with van der Waals surface area (Å²) in [6, 6.07) is 1.02. The smallest absolute Gasteiger partial charge is 0.0398 e. The van der Waals surface area contributed by atoms with Gasteiger partial charge in [-0.25, -0.2) is 5.01 Å². The van der Waals surface area contributed by atoms with Gasteiger partial charge in [0.1, 0.15) is 0 Å². The van der Waals surface area contributed by atoms with E-state index in [1.807, 2.05) is 5.01 Å². The SMILES string of the molecule is NN1CC2C=CC(C1)N2. The molecule has 0 amide bonds. The number of hydrogen-bond donors (Lipinski definition) is 2. The maximum Gasteiger partial charge on any atom is 0.0398 e. The van der Waals surface area contributed by atoms with Crippen molar-refractivity contribution in [3.63, 3.8) is 0 Å². The molecule has 0 aromatic heterocycles. The number of fused-ring (bicyclic) bond motifs is 2. The maximum absolute atomic E-state index is 5.61. The highest BCUT2D eigenvalue weighted by Gasteiger charge is 2.25. The van der Waals surface area contributed by atoms with Crippen LogP contribution in [0.2, 0.25) is 0 Å². The number of hydrazine groups is 1. The monoisotopic (exact) mass is 125 g/mol. The van der Waals surface area contributed by atoms with E-state index >= 15 is 0 Å². The lowest BCUT2D eigenvalue weighted by atomic mass is 10.2. The molecule has 1 fully saturated rings. The van der Waals surface area contributed by atoms with Gasteiger partial charge in [-0.05, 0) is 0 Å². The zero-order chi connectivity index (χ0) is 6.27. The van der Waals surface area contributed by atoms with Gasteiger partial charge in [-0.2, -0.15) is 0 Å². The molecule has 3 heteroatoms. The topological polar surface area (TPSA) is 41.3 Å². The Kier molecular flexibility index (Phi) is 1.08. The number of piperazine rings is 1. The predicted molar refractivity (Wildman–Crippen MR) is 35.6 cm³/mol. The third kappa shape index (κ3) is 0.871. The predicted octanol–water partition coefficient (Wildman–Crippen LogP) is -0.928. The van der Waals surface area contributed by atoms with E-state index in [1.54, 1.807) is 0 Å². The van der Waals surface area contributed by atoms with Crippen molar-refractivity contribution in [2.45, 2.75) is 12.1 Å². The molecule has 50 valence electrons. The van der Waals surface area contributed by atoms with Crippen LogP contribution in [0.5, 0.6) is 0 Å². The maximum atomic E-state index is 5.61. The Labute approximate surface area is 54.5 Å². The number of nitrogens with one attached hydrogen (secondary N) is 1. The fraction of sp³-hybridized carbons (Fsp3) is 0.667. The van der Waals surface area contributed by atoms with Crippen LogP contribution in [0.3, 0.4) is 0 Å². The minimum absolute atomic E-state index is 0.508. The minimum atomic E-state index is 0.508. The van der Waals surface area contributed by atoms with Gasteiger partial charge in [0.05, 0.1) is 0 Å². The second-order valence-electron chi connectivity index (χ2n) is 2.72. The van der Waals surface area contributed by atoms with Crippen molar-refractivity contribution >= 4 is 0 Å². The molecule has 0 saturated carbocycles. The van der Waals surface area contributed by atoms with Crippen LogP contribution in [0.4, 0.5) is 0 Å². The molecule has 0 aromatic carbocycles. The van der Waals surface area contributed by atoms with Gasteiger partial charge in [-0.1, -0.05) is 12.2 Å². The van der Waals surface area contributed by atoms with Crippen LogP contribution in [-0.4, -0.2) is 30.2 Å². The Balaban J connectivity index is 2.10. The van der Waals surface area contributed by atoms with Gasteiger partial charge in [0, 0.05) is 25.2 Å². The van der Waals surface area contributed by atoms with E-state index in [1.165, 1.54) is 0 Å². The Hall–Kier alpha value is -0.380. The molecular weight excluding hydrogens is 114 g/mol. The second-order valence-corrected chi connectivity index (χ2v) is 2.72. The molecule has 9 heavy (non-hydrogen) atoms. The summed E-state index contributed by atoms with van der Waals surface area (Å²) < 4.78 is 0. The highest BCUT2D eigenvalue weighted by atomic mass is 15.4. The minimum Gasteiger partial charge on any atom is -0.302 e. The highest BCUT2D eigenvalue weighted by molar-refractivity contribution is 5.12. The third-order valence-corrected chi connectivity index (χ3v) is 1.87. The van der Waals surface area contributed by atoms with Gasteiger partial charge in [0.15, 0.2) is 0 Å². The zero-order valence-electron chi connectivity index (χ0n) is 5.25. The fourth-order valence-corrected chi connectivity index (χ4v) is 1.46. The van der Waals surface area contributed by atoms with Crippen molar-refractivity contribution < 1.29 is 0 Å². The molecule has 0 radical (unpaired) electrons. The van der Waals surface area contributed by atoms with Gasteiger partial charge in [0.25, 0.3) is 0 Å². The molecule has 3 N–H and O–H groups in total. The second kappa shape index (κ2) is 1.80. The van der Waals surface area contributed by atoms with E-state index in [0.717, 1.165) is 13.1 Å². The van der Waals surface area contributed by atoms with Crippen molar-refractivity contribution in [3.8, 4) is 0 Å². The number of rotatable bonds is 0. The first kappa shape index (κ1) is 5.41.